The number of nitrogens with one attached hydrogen (secondary N) is 1. The summed E-state index contributed by atoms with van der Waals surface area (Å²) in [5.74, 6) is 0.997. The van der Waals surface area contributed by atoms with Gasteiger partial charge in [0.05, 0.1) is 6.10 Å². The van der Waals surface area contributed by atoms with E-state index in [9.17, 15) is 0 Å². The number of likely N-dealkylation sites (N-methyl/N-ethyl adjacent to an activating group) is 2. The highest BCUT2D eigenvalue weighted by Gasteiger charge is 2.34. The minimum atomic E-state index is 0.0666. The van der Waals surface area contributed by atoms with E-state index in [-0.39, 0.29) is 5.54 Å². The van der Waals surface area contributed by atoms with Crippen LogP contribution in [-0.4, -0.2) is 36.7 Å². The Hall–Kier alpha value is -1.06. The van der Waals surface area contributed by atoms with E-state index in [0.717, 1.165) is 18.8 Å². The molecule has 2 rings (SSSR count). The van der Waals surface area contributed by atoms with Crippen molar-refractivity contribution < 1.29 is 4.74 Å². The second kappa shape index (κ2) is 6.80. The first-order valence-corrected chi connectivity index (χ1v) is 8.21. The van der Waals surface area contributed by atoms with Gasteiger partial charge in [0, 0.05) is 11.6 Å². The van der Waals surface area contributed by atoms with E-state index in [2.05, 4.69) is 62.2 Å². The van der Waals surface area contributed by atoms with E-state index in [1.165, 1.54) is 18.4 Å². The maximum absolute atomic E-state index is 5.84. The standard InChI is InChI=1S/C18H30N2O/c1-6-20(7-2)18(3,4)17(19-5)14-8-10-15(11-9-14)21-16-12-13-16/h8-11,16-17,19H,6-7,12-13H2,1-5H3. The Morgan fingerprint density at radius 3 is 2.19 bits per heavy atom. The van der Waals surface area contributed by atoms with E-state index in [0.29, 0.717) is 12.1 Å². The van der Waals surface area contributed by atoms with Gasteiger partial charge in [-0.1, -0.05) is 26.0 Å². The second-order valence-corrected chi connectivity index (χ2v) is 6.43. The normalized spacial score (nSPS) is 17.0. The maximum Gasteiger partial charge on any atom is 0.119 e. The quantitative estimate of drug-likeness (QED) is 0.791. The van der Waals surface area contributed by atoms with Gasteiger partial charge in [-0.3, -0.25) is 4.90 Å². The lowest BCUT2D eigenvalue weighted by Crippen LogP contribution is -2.51. The van der Waals surface area contributed by atoms with Gasteiger partial charge in [-0.15, -0.1) is 0 Å². The highest BCUT2D eigenvalue weighted by molar-refractivity contribution is 5.31. The van der Waals surface area contributed by atoms with Crippen LogP contribution in [0.2, 0.25) is 0 Å². The van der Waals surface area contributed by atoms with E-state index >= 15 is 0 Å². The predicted octanol–water partition coefficient (Wildman–Crippen LogP) is 3.61. The first-order valence-electron chi connectivity index (χ1n) is 8.21. The molecule has 1 aliphatic carbocycles. The Morgan fingerprint density at radius 2 is 1.76 bits per heavy atom. The molecule has 1 unspecified atom stereocenters. The molecule has 1 fully saturated rings. The first-order chi connectivity index (χ1) is 10.0. The lowest BCUT2D eigenvalue weighted by atomic mass is 9.87. The Labute approximate surface area is 129 Å². The fraction of sp³-hybridized carbons (Fsp3) is 0.667. The summed E-state index contributed by atoms with van der Waals surface area (Å²) in [5.41, 5.74) is 1.38. The Bertz CT molecular complexity index is 433. The van der Waals surface area contributed by atoms with E-state index in [1.54, 1.807) is 0 Å². The summed E-state index contributed by atoms with van der Waals surface area (Å²) in [6, 6.07) is 8.91. The Balaban J connectivity index is 2.15. The molecule has 118 valence electrons. The Morgan fingerprint density at radius 1 is 1.19 bits per heavy atom. The highest BCUT2D eigenvalue weighted by atomic mass is 16.5. The third kappa shape index (κ3) is 3.78. The van der Waals surface area contributed by atoms with Gasteiger partial charge < -0.3 is 10.1 Å². The summed E-state index contributed by atoms with van der Waals surface area (Å²) < 4.78 is 5.84. The monoisotopic (exact) mass is 290 g/mol. The average molecular weight is 290 g/mol. The number of rotatable bonds is 8. The topological polar surface area (TPSA) is 24.5 Å². The van der Waals surface area contributed by atoms with Crippen molar-refractivity contribution in [3.8, 4) is 5.75 Å². The van der Waals surface area contributed by atoms with Crippen molar-refractivity contribution >= 4 is 0 Å². The number of hydrogen-bond donors (Lipinski definition) is 1. The maximum atomic E-state index is 5.84. The molecule has 0 saturated heterocycles. The van der Waals surface area contributed by atoms with Gasteiger partial charge >= 0.3 is 0 Å². The zero-order chi connectivity index (χ0) is 15.5. The van der Waals surface area contributed by atoms with Crippen molar-refractivity contribution in [2.75, 3.05) is 20.1 Å². The zero-order valence-corrected chi connectivity index (χ0v) is 14.1. The van der Waals surface area contributed by atoms with Crippen LogP contribution in [0.1, 0.15) is 52.1 Å². The van der Waals surface area contributed by atoms with Crippen molar-refractivity contribution in [1.29, 1.82) is 0 Å². The molecular formula is C18H30N2O. The van der Waals surface area contributed by atoms with Crippen molar-refractivity contribution in [3.63, 3.8) is 0 Å². The number of ether oxygens (including phenoxy) is 1. The van der Waals surface area contributed by atoms with Crippen LogP contribution < -0.4 is 10.1 Å². The fourth-order valence-electron chi connectivity index (χ4n) is 3.27. The third-order valence-electron chi connectivity index (χ3n) is 4.61. The van der Waals surface area contributed by atoms with Crippen LogP contribution in [0.5, 0.6) is 5.75 Å². The molecule has 0 heterocycles. The summed E-state index contributed by atoms with van der Waals surface area (Å²) in [6.45, 7) is 11.2. The molecule has 21 heavy (non-hydrogen) atoms. The zero-order valence-electron chi connectivity index (χ0n) is 14.1. The minimum absolute atomic E-state index is 0.0666. The molecule has 1 N–H and O–H groups in total. The summed E-state index contributed by atoms with van der Waals surface area (Å²) in [5, 5.41) is 3.50. The summed E-state index contributed by atoms with van der Waals surface area (Å²) in [7, 11) is 2.05. The molecule has 1 aromatic carbocycles. The summed E-state index contributed by atoms with van der Waals surface area (Å²) in [6.07, 6.45) is 2.87. The predicted molar refractivity (Wildman–Crippen MR) is 88.9 cm³/mol. The molecule has 0 aromatic heterocycles. The summed E-state index contributed by atoms with van der Waals surface area (Å²) in [4.78, 5) is 2.50. The molecule has 0 radical (unpaired) electrons. The molecule has 1 saturated carbocycles. The minimum Gasteiger partial charge on any atom is -0.490 e. The third-order valence-corrected chi connectivity index (χ3v) is 4.61. The van der Waals surface area contributed by atoms with E-state index in [4.69, 9.17) is 4.74 Å². The van der Waals surface area contributed by atoms with Gasteiger partial charge in [0.25, 0.3) is 0 Å². The van der Waals surface area contributed by atoms with Gasteiger partial charge in [0.1, 0.15) is 5.75 Å². The van der Waals surface area contributed by atoms with Crippen molar-refractivity contribution in [2.45, 2.75) is 58.2 Å². The molecule has 0 aliphatic heterocycles. The molecule has 3 nitrogen and oxygen atoms in total. The van der Waals surface area contributed by atoms with Gasteiger partial charge in [0.15, 0.2) is 0 Å². The first kappa shape index (κ1) is 16.3. The Kier molecular flexibility index (Phi) is 5.28. The van der Waals surface area contributed by atoms with Crippen molar-refractivity contribution in [2.24, 2.45) is 0 Å². The van der Waals surface area contributed by atoms with Crippen LogP contribution in [0.25, 0.3) is 0 Å². The van der Waals surface area contributed by atoms with Gasteiger partial charge in [-0.2, -0.15) is 0 Å². The van der Waals surface area contributed by atoms with Crippen LogP contribution in [0.4, 0.5) is 0 Å². The van der Waals surface area contributed by atoms with E-state index in [1.807, 2.05) is 7.05 Å². The van der Waals surface area contributed by atoms with Crippen molar-refractivity contribution in [3.05, 3.63) is 29.8 Å². The van der Waals surface area contributed by atoms with Gasteiger partial charge in [0.2, 0.25) is 0 Å². The molecule has 3 heteroatoms. The van der Waals surface area contributed by atoms with Crippen LogP contribution >= 0.6 is 0 Å². The SMILES string of the molecule is CCN(CC)C(C)(C)C(NC)c1ccc(OC2CC2)cc1. The highest BCUT2D eigenvalue weighted by Crippen LogP contribution is 2.32. The van der Waals surface area contributed by atoms with Crippen LogP contribution in [0.15, 0.2) is 24.3 Å². The molecule has 0 bridgehead atoms. The number of benzene rings is 1. The van der Waals surface area contributed by atoms with Crippen LogP contribution in [0, 0.1) is 0 Å². The fourth-order valence-corrected chi connectivity index (χ4v) is 3.27. The molecule has 1 atom stereocenters. The van der Waals surface area contributed by atoms with Crippen LogP contribution in [-0.2, 0) is 0 Å². The molecule has 0 spiro atoms. The molecule has 1 aromatic rings. The van der Waals surface area contributed by atoms with Crippen molar-refractivity contribution in [1.82, 2.24) is 10.2 Å². The lowest BCUT2D eigenvalue weighted by molar-refractivity contribution is 0.0944. The van der Waals surface area contributed by atoms with Gasteiger partial charge in [-0.05, 0) is 64.5 Å². The number of hydrogen-bond acceptors (Lipinski definition) is 3. The largest absolute Gasteiger partial charge is 0.490 e. The molecular weight excluding hydrogens is 260 g/mol. The second-order valence-electron chi connectivity index (χ2n) is 6.43. The lowest BCUT2D eigenvalue weighted by Gasteiger charge is -2.43. The van der Waals surface area contributed by atoms with Crippen LogP contribution in [0.3, 0.4) is 0 Å². The summed E-state index contributed by atoms with van der Waals surface area (Å²) >= 11 is 0. The van der Waals surface area contributed by atoms with Gasteiger partial charge in [-0.25, -0.2) is 0 Å². The van der Waals surface area contributed by atoms with E-state index < -0.39 is 0 Å². The average Bonchev–Trinajstić information content (AvgIpc) is 3.26. The molecule has 1 aliphatic rings. The smallest absolute Gasteiger partial charge is 0.119 e. The molecule has 0 amide bonds. The number of nitrogens with zero attached hydrogens (tertiary/aromatic N) is 1.